The van der Waals surface area contributed by atoms with Crippen LogP contribution in [0.15, 0.2) is 11.8 Å². The average Bonchev–Trinajstić information content (AvgIpc) is 2.84. The zero-order valence-electron chi connectivity index (χ0n) is 12.1. The number of ether oxygens (including phenoxy) is 5. The average molecular weight is 286 g/mol. The second kappa shape index (κ2) is 4.75. The molecule has 0 radical (unpaired) electrons. The van der Waals surface area contributed by atoms with Crippen molar-refractivity contribution >= 4 is 11.9 Å². The van der Waals surface area contributed by atoms with E-state index in [1.165, 1.54) is 21.3 Å². The van der Waals surface area contributed by atoms with E-state index < -0.39 is 35.3 Å². The summed E-state index contributed by atoms with van der Waals surface area (Å²) in [6.07, 6.45) is 1.16. The second-order valence-corrected chi connectivity index (χ2v) is 4.91. The van der Waals surface area contributed by atoms with Crippen LogP contribution in [0.25, 0.3) is 0 Å². The molecule has 0 saturated carbocycles. The Labute approximate surface area is 116 Å². The third-order valence-corrected chi connectivity index (χ3v) is 4.02. The Morgan fingerprint density at radius 3 is 2.50 bits per heavy atom. The van der Waals surface area contributed by atoms with Gasteiger partial charge in [0, 0.05) is 13.0 Å². The molecule has 7 heteroatoms. The van der Waals surface area contributed by atoms with E-state index in [-0.39, 0.29) is 5.76 Å². The summed E-state index contributed by atoms with van der Waals surface area (Å²) < 4.78 is 26.4. The van der Waals surface area contributed by atoms with E-state index in [1.807, 2.05) is 0 Å². The highest BCUT2D eigenvalue weighted by Crippen LogP contribution is 2.53. The fraction of sp³-hybridized carbons (Fsp3) is 0.692. The molecular weight excluding hydrogens is 268 g/mol. The molecule has 2 heterocycles. The molecule has 0 aliphatic carbocycles. The summed E-state index contributed by atoms with van der Waals surface area (Å²) in [4.78, 5) is 23.7. The van der Waals surface area contributed by atoms with E-state index in [9.17, 15) is 9.59 Å². The number of hydrogen-bond acceptors (Lipinski definition) is 7. The lowest BCUT2D eigenvalue weighted by atomic mass is 9.84. The summed E-state index contributed by atoms with van der Waals surface area (Å²) in [5.41, 5.74) is 0. The van der Waals surface area contributed by atoms with Gasteiger partial charge in [-0.3, -0.25) is 4.79 Å². The summed E-state index contributed by atoms with van der Waals surface area (Å²) in [5, 5.41) is 0. The van der Waals surface area contributed by atoms with Gasteiger partial charge in [-0.25, -0.2) is 4.79 Å². The SMILES string of the molecule is COC(=O)[C@H]1[C@H](C)[C@@](C)(OC)O[C@@]12OC(=O)C=C2OC. The summed E-state index contributed by atoms with van der Waals surface area (Å²) in [6, 6.07) is 0. The van der Waals surface area contributed by atoms with E-state index in [4.69, 9.17) is 23.7 Å². The lowest BCUT2D eigenvalue weighted by Crippen LogP contribution is -2.44. The summed E-state index contributed by atoms with van der Waals surface area (Å²) in [7, 11) is 4.09. The van der Waals surface area contributed by atoms with Crippen LogP contribution in [0.2, 0.25) is 0 Å². The molecular formula is C13H18O7. The molecule has 2 rings (SSSR count). The Hall–Kier alpha value is -1.60. The number of carbonyl (C=O) groups is 2. The standard InChI is InChI=1S/C13H18O7/c1-7-10(11(15)17-4)13(20-12(7,2)18-5)8(16-3)6-9(14)19-13/h6-7,10H,1-5H3/t7-,10+,12-,13+/m0/s1. The molecule has 2 aliphatic heterocycles. The Balaban J connectivity index is 2.53. The van der Waals surface area contributed by atoms with Crippen LogP contribution in [0.3, 0.4) is 0 Å². The van der Waals surface area contributed by atoms with Crippen LogP contribution < -0.4 is 0 Å². The zero-order chi connectivity index (χ0) is 15.1. The fourth-order valence-corrected chi connectivity index (χ4v) is 2.73. The van der Waals surface area contributed by atoms with Crippen LogP contribution in [0.4, 0.5) is 0 Å². The van der Waals surface area contributed by atoms with Crippen LogP contribution in [-0.2, 0) is 33.3 Å². The quantitative estimate of drug-likeness (QED) is 0.702. The number of methoxy groups -OCH3 is 3. The molecule has 0 unspecified atom stereocenters. The monoisotopic (exact) mass is 286 g/mol. The van der Waals surface area contributed by atoms with Crippen molar-refractivity contribution in [1.82, 2.24) is 0 Å². The predicted molar refractivity (Wildman–Crippen MR) is 65.1 cm³/mol. The van der Waals surface area contributed by atoms with E-state index in [0.29, 0.717) is 0 Å². The van der Waals surface area contributed by atoms with Gasteiger partial charge in [0.15, 0.2) is 11.5 Å². The first-order chi connectivity index (χ1) is 9.34. The first kappa shape index (κ1) is 14.8. The highest BCUT2D eigenvalue weighted by Gasteiger charge is 2.69. The molecule has 112 valence electrons. The van der Waals surface area contributed by atoms with Crippen molar-refractivity contribution in [2.24, 2.45) is 11.8 Å². The number of carbonyl (C=O) groups excluding carboxylic acids is 2. The summed E-state index contributed by atoms with van der Waals surface area (Å²) in [6.45, 7) is 3.43. The van der Waals surface area contributed by atoms with Gasteiger partial charge in [0.05, 0.1) is 20.3 Å². The largest absolute Gasteiger partial charge is 0.494 e. The number of hydrogen-bond donors (Lipinski definition) is 0. The molecule has 4 atom stereocenters. The van der Waals surface area contributed by atoms with Gasteiger partial charge < -0.3 is 23.7 Å². The molecule has 0 amide bonds. The summed E-state index contributed by atoms with van der Waals surface area (Å²) >= 11 is 0. The third kappa shape index (κ3) is 1.81. The molecule has 1 saturated heterocycles. The maximum Gasteiger partial charge on any atom is 0.337 e. The topological polar surface area (TPSA) is 80.3 Å². The van der Waals surface area contributed by atoms with Crippen LogP contribution in [0, 0.1) is 11.8 Å². The Bertz CT molecular complexity index is 471. The molecule has 7 nitrogen and oxygen atoms in total. The van der Waals surface area contributed by atoms with Gasteiger partial charge in [0.2, 0.25) is 0 Å². The molecule has 0 bridgehead atoms. The molecule has 1 fully saturated rings. The second-order valence-electron chi connectivity index (χ2n) is 4.91. The Morgan fingerprint density at radius 1 is 1.35 bits per heavy atom. The molecule has 20 heavy (non-hydrogen) atoms. The first-order valence-corrected chi connectivity index (χ1v) is 6.17. The van der Waals surface area contributed by atoms with Gasteiger partial charge in [-0.15, -0.1) is 0 Å². The van der Waals surface area contributed by atoms with E-state index >= 15 is 0 Å². The van der Waals surface area contributed by atoms with Gasteiger partial charge in [0.1, 0.15) is 5.92 Å². The maximum atomic E-state index is 12.1. The smallest absolute Gasteiger partial charge is 0.337 e. The van der Waals surface area contributed by atoms with Gasteiger partial charge >= 0.3 is 11.9 Å². The van der Waals surface area contributed by atoms with Crippen molar-refractivity contribution in [3.63, 3.8) is 0 Å². The lowest BCUT2D eigenvalue weighted by molar-refractivity contribution is -0.294. The van der Waals surface area contributed by atoms with Crippen molar-refractivity contribution in [3.05, 3.63) is 11.8 Å². The highest BCUT2D eigenvalue weighted by molar-refractivity contribution is 5.88. The van der Waals surface area contributed by atoms with Gasteiger partial charge in [0.25, 0.3) is 5.79 Å². The van der Waals surface area contributed by atoms with Crippen molar-refractivity contribution in [2.75, 3.05) is 21.3 Å². The van der Waals surface area contributed by atoms with Gasteiger partial charge in [-0.05, 0) is 6.92 Å². The fourth-order valence-electron chi connectivity index (χ4n) is 2.73. The van der Waals surface area contributed by atoms with Crippen molar-refractivity contribution < 1.29 is 33.3 Å². The van der Waals surface area contributed by atoms with Crippen LogP contribution >= 0.6 is 0 Å². The third-order valence-electron chi connectivity index (χ3n) is 4.02. The minimum absolute atomic E-state index is 0.130. The predicted octanol–water partition coefficient (Wildman–Crippen LogP) is 0.588. The van der Waals surface area contributed by atoms with Crippen molar-refractivity contribution in [3.8, 4) is 0 Å². The van der Waals surface area contributed by atoms with Gasteiger partial charge in [-0.1, -0.05) is 6.92 Å². The molecule has 0 N–H and O–H groups in total. The maximum absolute atomic E-state index is 12.1. The minimum Gasteiger partial charge on any atom is -0.494 e. The Morgan fingerprint density at radius 2 is 2.00 bits per heavy atom. The highest BCUT2D eigenvalue weighted by atomic mass is 16.8. The molecule has 0 aromatic heterocycles. The summed E-state index contributed by atoms with van der Waals surface area (Å²) in [5.74, 6) is -5.10. The van der Waals surface area contributed by atoms with Crippen molar-refractivity contribution in [1.29, 1.82) is 0 Å². The first-order valence-electron chi connectivity index (χ1n) is 6.17. The van der Waals surface area contributed by atoms with Crippen LogP contribution in [0.1, 0.15) is 13.8 Å². The normalized spacial score (nSPS) is 39.6. The zero-order valence-corrected chi connectivity index (χ0v) is 12.1. The van der Waals surface area contributed by atoms with E-state index in [0.717, 1.165) is 6.08 Å². The van der Waals surface area contributed by atoms with E-state index in [1.54, 1.807) is 13.8 Å². The van der Waals surface area contributed by atoms with Crippen LogP contribution in [-0.4, -0.2) is 44.8 Å². The molecule has 2 aliphatic rings. The molecule has 1 spiro atoms. The molecule has 0 aromatic rings. The Kier molecular flexibility index (Phi) is 3.51. The van der Waals surface area contributed by atoms with Gasteiger partial charge in [-0.2, -0.15) is 0 Å². The van der Waals surface area contributed by atoms with Crippen LogP contribution in [0.5, 0.6) is 0 Å². The number of esters is 2. The number of rotatable bonds is 3. The van der Waals surface area contributed by atoms with E-state index in [2.05, 4.69) is 0 Å². The van der Waals surface area contributed by atoms with Crippen molar-refractivity contribution in [2.45, 2.75) is 25.4 Å². The lowest BCUT2D eigenvalue weighted by Gasteiger charge is -2.30. The minimum atomic E-state index is -1.64. The molecule has 0 aromatic carbocycles.